The Kier molecular flexibility index (Phi) is 6.71. The van der Waals surface area contributed by atoms with Gasteiger partial charge >= 0.3 is 0 Å². The maximum Gasteiger partial charge on any atom is 0.0664 e. The number of aromatic nitrogens is 2. The van der Waals surface area contributed by atoms with E-state index in [-0.39, 0.29) is 0 Å². The van der Waals surface area contributed by atoms with E-state index in [4.69, 9.17) is 4.99 Å². The molecule has 240 valence electrons. The van der Waals surface area contributed by atoms with Crippen molar-refractivity contribution in [3.8, 4) is 5.69 Å². The minimum absolute atomic E-state index is 0.929. The van der Waals surface area contributed by atoms with Crippen LogP contribution in [0.25, 0.3) is 76.5 Å². The molecule has 0 radical (unpaired) electrons. The maximum atomic E-state index is 4.84. The predicted molar refractivity (Wildman–Crippen MR) is 218 cm³/mol. The van der Waals surface area contributed by atoms with Crippen LogP contribution in [0.2, 0.25) is 0 Å². The molecule has 3 heteroatoms. The molecule has 0 spiro atoms. The molecule has 10 rings (SSSR count). The highest BCUT2D eigenvalue weighted by Gasteiger charge is 2.26. The van der Waals surface area contributed by atoms with Crippen LogP contribution in [-0.4, -0.2) is 21.9 Å². The molecule has 51 heavy (non-hydrogen) atoms. The van der Waals surface area contributed by atoms with Gasteiger partial charge in [0.25, 0.3) is 0 Å². The van der Waals surface area contributed by atoms with Gasteiger partial charge in [0.1, 0.15) is 0 Å². The van der Waals surface area contributed by atoms with Crippen molar-refractivity contribution >= 4 is 76.6 Å². The lowest BCUT2D eigenvalue weighted by atomic mass is 9.98. The summed E-state index contributed by atoms with van der Waals surface area (Å²) in [5.41, 5.74) is 10.2. The van der Waals surface area contributed by atoms with Crippen LogP contribution in [-0.2, 0) is 0 Å². The second-order valence-corrected chi connectivity index (χ2v) is 13.1. The number of allylic oxidation sites excluding steroid dienone is 1. The SMILES string of the molecule is CN=C(/C=C(/c1ccccc1)n1c2ccccc2c2c3c4ccc5ccccc5c4n(-c4ccccc4)c3c3ccccc3c21)c1ccccc1. The Labute approximate surface area is 295 Å². The molecule has 0 atom stereocenters. The largest absolute Gasteiger partial charge is 0.308 e. The first kappa shape index (κ1) is 29.2. The Hall–Kier alpha value is -6.71. The van der Waals surface area contributed by atoms with Gasteiger partial charge in [-0.25, -0.2) is 0 Å². The molecule has 0 aliphatic carbocycles. The van der Waals surface area contributed by atoms with Gasteiger partial charge in [-0.1, -0.05) is 158 Å². The molecule has 0 fully saturated rings. The summed E-state index contributed by atoms with van der Waals surface area (Å²) in [7, 11) is 1.88. The van der Waals surface area contributed by atoms with Gasteiger partial charge in [-0.15, -0.1) is 0 Å². The number of aliphatic imine (C=N–C) groups is 1. The first-order valence-electron chi connectivity index (χ1n) is 17.5. The van der Waals surface area contributed by atoms with Crippen molar-refractivity contribution in [3.63, 3.8) is 0 Å². The van der Waals surface area contributed by atoms with Gasteiger partial charge in [-0.3, -0.25) is 4.99 Å². The van der Waals surface area contributed by atoms with Crippen LogP contribution in [0.5, 0.6) is 0 Å². The Morgan fingerprint density at radius 3 is 1.71 bits per heavy atom. The summed E-state index contributed by atoms with van der Waals surface area (Å²) in [6, 6.07) is 63.3. The smallest absolute Gasteiger partial charge is 0.0664 e. The molecule has 0 aliphatic heterocycles. The lowest BCUT2D eigenvalue weighted by molar-refractivity contribution is 1.19. The highest BCUT2D eigenvalue weighted by atomic mass is 15.0. The van der Waals surface area contributed by atoms with Crippen molar-refractivity contribution in [2.24, 2.45) is 4.99 Å². The van der Waals surface area contributed by atoms with Crippen LogP contribution in [0.15, 0.2) is 187 Å². The van der Waals surface area contributed by atoms with E-state index in [1.165, 1.54) is 59.6 Å². The van der Waals surface area contributed by atoms with E-state index in [2.05, 4.69) is 191 Å². The number of hydrogen-bond acceptors (Lipinski definition) is 1. The zero-order valence-electron chi connectivity index (χ0n) is 28.2. The zero-order valence-corrected chi connectivity index (χ0v) is 28.2. The minimum atomic E-state index is 0.929. The number of benzene rings is 8. The Bertz CT molecular complexity index is 3000. The summed E-state index contributed by atoms with van der Waals surface area (Å²) in [6.07, 6.45) is 2.26. The molecule has 10 aromatic rings. The third-order valence-corrected chi connectivity index (χ3v) is 10.3. The molecular weight excluding hydrogens is 619 g/mol. The molecule has 2 aromatic heterocycles. The van der Waals surface area contributed by atoms with Crippen LogP contribution in [0.4, 0.5) is 0 Å². The molecule has 2 heterocycles. The second kappa shape index (κ2) is 11.7. The standard InChI is InChI=1S/C48H33N3/c1-49-41(33-18-5-2-6-19-33)31-43(34-20-7-3-8-21-34)51-42-28-16-15-27-39(42)44-45-40-30-29-32-17-11-12-24-36(32)46(40)50(35-22-9-4-10-23-35)47(45)37-25-13-14-26-38(37)48(44)51/h2-31H,1H3/b43-31-,49-41?. The monoisotopic (exact) mass is 651 g/mol. The van der Waals surface area contributed by atoms with Crippen molar-refractivity contribution in [2.75, 3.05) is 7.05 Å². The third kappa shape index (κ3) is 4.42. The average molecular weight is 652 g/mol. The fourth-order valence-electron chi connectivity index (χ4n) is 8.19. The molecule has 0 saturated carbocycles. The van der Waals surface area contributed by atoms with E-state index < -0.39 is 0 Å². The van der Waals surface area contributed by atoms with Gasteiger partial charge in [-0.2, -0.15) is 0 Å². The molecule has 3 nitrogen and oxygen atoms in total. The van der Waals surface area contributed by atoms with E-state index in [1.807, 2.05) is 7.05 Å². The quantitative estimate of drug-likeness (QED) is 0.165. The lowest BCUT2D eigenvalue weighted by Crippen LogP contribution is -2.05. The van der Waals surface area contributed by atoms with Crippen molar-refractivity contribution in [1.82, 2.24) is 9.13 Å². The van der Waals surface area contributed by atoms with Crippen molar-refractivity contribution in [1.29, 1.82) is 0 Å². The maximum absolute atomic E-state index is 4.84. The molecule has 0 unspecified atom stereocenters. The van der Waals surface area contributed by atoms with Gasteiger partial charge < -0.3 is 9.13 Å². The number of para-hydroxylation sites is 2. The number of hydrogen-bond donors (Lipinski definition) is 0. The topological polar surface area (TPSA) is 22.2 Å². The minimum Gasteiger partial charge on any atom is -0.308 e. The average Bonchev–Trinajstić information content (AvgIpc) is 3.74. The molecule has 0 aliphatic rings. The fourth-order valence-corrected chi connectivity index (χ4v) is 8.19. The molecule has 8 aromatic carbocycles. The van der Waals surface area contributed by atoms with E-state index in [1.54, 1.807) is 0 Å². The summed E-state index contributed by atoms with van der Waals surface area (Å²) in [5, 5.41) is 9.89. The summed E-state index contributed by atoms with van der Waals surface area (Å²) in [6.45, 7) is 0. The molecule has 0 N–H and O–H groups in total. The van der Waals surface area contributed by atoms with Crippen LogP contribution >= 0.6 is 0 Å². The van der Waals surface area contributed by atoms with Gasteiger partial charge in [0.05, 0.1) is 33.5 Å². The first-order valence-corrected chi connectivity index (χ1v) is 17.5. The van der Waals surface area contributed by atoms with Gasteiger partial charge in [0.15, 0.2) is 0 Å². The summed E-state index contributed by atoms with van der Waals surface area (Å²) in [4.78, 5) is 4.84. The fraction of sp³-hybridized carbons (Fsp3) is 0.0208. The van der Waals surface area contributed by atoms with Crippen molar-refractivity contribution in [2.45, 2.75) is 0 Å². The summed E-state index contributed by atoms with van der Waals surface area (Å²) >= 11 is 0. The molecular formula is C48H33N3. The molecule has 0 bridgehead atoms. The highest BCUT2D eigenvalue weighted by molar-refractivity contribution is 6.39. The number of nitrogens with zero attached hydrogens (tertiary/aromatic N) is 3. The van der Waals surface area contributed by atoms with Crippen molar-refractivity contribution in [3.05, 3.63) is 193 Å². The van der Waals surface area contributed by atoms with Crippen LogP contribution in [0.3, 0.4) is 0 Å². The molecule has 0 amide bonds. The van der Waals surface area contributed by atoms with Gasteiger partial charge in [0, 0.05) is 50.4 Å². The second-order valence-electron chi connectivity index (χ2n) is 13.1. The van der Waals surface area contributed by atoms with E-state index in [0.717, 1.165) is 33.7 Å². The molecule has 0 saturated heterocycles. The highest BCUT2D eigenvalue weighted by Crippen LogP contribution is 2.48. The Balaban J connectivity index is 1.47. The third-order valence-electron chi connectivity index (χ3n) is 10.3. The summed E-state index contributed by atoms with van der Waals surface area (Å²) in [5.74, 6) is 0. The number of rotatable bonds is 5. The van der Waals surface area contributed by atoms with Crippen LogP contribution in [0, 0.1) is 0 Å². The zero-order chi connectivity index (χ0) is 33.9. The lowest BCUT2D eigenvalue weighted by Gasteiger charge is -2.17. The van der Waals surface area contributed by atoms with E-state index in [0.29, 0.717) is 0 Å². The van der Waals surface area contributed by atoms with Crippen LogP contribution in [0.1, 0.15) is 11.1 Å². The predicted octanol–water partition coefficient (Wildman–Crippen LogP) is 12.2. The van der Waals surface area contributed by atoms with Gasteiger partial charge in [0.2, 0.25) is 0 Å². The van der Waals surface area contributed by atoms with Crippen LogP contribution < -0.4 is 0 Å². The Morgan fingerprint density at radius 2 is 1.00 bits per heavy atom. The normalized spacial score (nSPS) is 12.6. The van der Waals surface area contributed by atoms with Crippen molar-refractivity contribution < 1.29 is 0 Å². The summed E-state index contributed by atoms with van der Waals surface area (Å²) < 4.78 is 4.99. The van der Waals surface area contributed by atoms with E-state index >= 15 is 0 Å². The Morgan fingerprint density at radius 1 is 0.451 bits per heavy atom. The number of fused-ring (bicyclic) bond motifs is 12. The van der Waals surface area contributed by atoms with Gasteiger partial charge in [-0.05, 0) is 40.8 Å². The first-order chi connectivity index (χ1) is 25.3. The van der Waals surface area contributed by atoms with E-state index in [9.17, 15) is 0 Å².